The van der Waals surface area contributed by atoms with Crippen molar-refractivity contribution in [1.82, 2.24) is 4.98 Å². The van der Waals surface area contributed by atoms with Crippen LogP contribution in [-0.4, -0.2) is 29.2 Å². The summed E-state index contributed by atoms with van der Waals surface area (Å²) < 4.78 is 0. The smallest absolute Gasteiger partial charge is 0.423 e. The van der Waals surface area contributed by atoms with Gasteiger partial charge in [-0.3, -0.25) is 4.98 Å². The van der Waals surface area contributed by atoms with Crippen LogP contribution in [0.3, 0.4) is 0 Å². The first-order valence-corrected chi connectivity index (χ1v) is 3.23. The minimum Gasteiger partial charge on any atom is -0.423 e. The van der Waals surface area contributed by atoms with E-state index in [1.807, 2.05) is 0 Å². The van der Waals surface area contributed by atoms with Crippen LogP contribution in [0.4, 0.5) is 5.69 Å². The molecule has 0 bridgehead atoms. The van der Waals surface area contributed by atoms with Crippen molar-refractivity contribution in [3.8, 4) is 0 Å². The topological polar surface area (TPSA) is 65.4 Å². The third-order valence-electron chi connectivity index (χ3n) is 1.35. The van der Waals surface area contributed by atoms with Crippen LogP contribution in [0.25, 0.3) is 0 Å². The molecule has 11 heavy (non-hydrogen) atoms. The number of rotatable bonds is 2. The summed E-state index contributed by atoms with van der Waals surface area (Å²) in [6.45, 7) is 0. The highest BCUT2D eigenvalue weighted by Crippen LogP contribution is 1.98. The summed E-state index contributed by atoms with van der Waals surface area (Å²) >= 11 is 0. The Balaban J connectivity index is 2.91. The lowest BCUT2D eigenvalue weighted by Crippen LogP contribution is -2.30. The average molecular weight is 152 g/mol. The van der Waals surface area contributed by atoms with E-state index >= 15 is 0 Å². The van der Waals surface area contributed by atoms with E-state index in [1.165, 1.54) is 6.20 Å². The molecule has 0 radical (unpaired) electrons. The van der Waals surface area contributed by atoms with E-state index in [1.54, 1.807) is 19.3 Å². The SMILES string of the molecule is CNc1cncc(B(O)O)c1. The summed E-state index contributed by atoms with van der Waals surface area (Å²) in [6, 6.07) is 1.62. The lowest BCUT2D eigenvalue weighted by molar-refractivity contribution is 0.425. The summed E-state index contributed by atoms with van der Waals surface area (Å²) in [5.74, 6) is 0. The molecule has 0 spiro atoms. The predicted octanol–water partition coefficient (Wildman–Crippen LogP) is -1.20. The van der Waals surface area contributed by atoms with E-state index in [9.17, 15) is 0 Å². The second kappa shape index (κ2) is 3.36. The second-order valence-corrected chi connectivity index (χ2v) is 2.13. The Morgan fingerprint density at radius 3 is 2.73 bits per heavy atom. The van der Waals surface area contributed by atoms with Crippen LogP contribution in [0.2, 0.25) is 0 Å². The van der Waals surface area contributed by atoms with Gasteiger partial charge in [-0.25, -0.2) is 0 Å². The van der Waals surface area contributed by atoms with Gasteiger partial charge in [0.1, 0.15) is 0 Å². The predicted molar refractivity (Wildman–Crippen MR) is 43.6 cm³/mol. The van der Waals surface area contributed by atoms with Gasteiger partial charge in [0.05, 0.1) is 5.69 Å². The van der Waals surface area contributed by atoms with E-state index < -0.39 is 7.12 Å². The van der Waals surface area contributed by atoms with Crippen molar-refractivity contribution in [3.05, 3.63) is 18.5 Å². The first-order chi connectivity index (χ1) is 5.24. The van der Waals surface area contributed by atoms with E-state index in [2.05, 4.69) is 10.3 Å². The number of anilines is 1. The normalized spacial score (nSPS) is 9.36. The zero-order valence-corrected chi connectivity index (χ0v) is 6.15. The molecule has 0 saturated heterocycles. The Kier molecular flexibility index (Phi) is 2.46. The molecule has 0 aliphatic rings. The third-order valence-corrected chi connectivity index (χ3v) is 1.35. The van der Waals surface area contributed by atoms with Crippen LogP contribution in [0.5, 0.6) is 0 Å². The largest absolute Gasteiger partial charge is 0.490 e. The van der Waals surface area contributed by atoms with Crippen molar-refractivity contribution in [2.24, 2.45) is 0 Å². The first-order valence-electron chi connectivity index (χ1n) is 3.23. The van der Waals surface area contributed by atoms with Gasteiger partial charge < -0.3 is 15.4 Å². The molecule has 0 aliphatic heterocycles. The fourth-order valence-corrected chi connectivity index (χ4v) is 0.736. The number of hydrogen-bond acceptors (Lipinski definition) is 4. The average Bonchev–Trinajstić information content (AvgIpc) is 2.05. The zero-order valence-electron chi connectivity index (χ0n) is 6.15. The van der Waals surface area contributed by atoms with Gasteiger partial charge in [-0.05, 0) is 6.07 Å². The van der Waals surface area contributed by atoms with Crippen molar-refractivity contribution in [3.63, 3.8) is 0 Å². The Morgan fingerprint density at radius 1 is 1.45 bits per heavy atom. The molecule has 4 nitrogen and oxygen atoms in total. The minimum atomic E-state index is -1.45. The number of pyridine rings is 1. The van der Waals surface area contributed by atoms with Gasteiger partial charge in [0.2, 0.25) is 0 Å². The molecule has 0 amide bonds. The molecule has 5 heteroatoms. The number of aromatic nitrogens is 1. The number of hydrogen-bond donors (Lipinski definition) is 3. The molecule has 3 N–H and O–H groups in total. The highest BCUT2D eigenvalue weighted by Gasteiger charge is 2.10. The monoisotopic (exact) mass is 152 g/mol. The summed E-state index contributed by atoms with van der Waals surface area (Å²) in [4.78, 5) is 3.79. The van der Waals surface area contributed by atoms with Crippen LogP contribution in [0.1, 0.15) is 0 Å². The highest BCUT2D eigenvalue weighted by molar-refractivity contribution is 6.58. The lowest BCUT2D eigenvalue weighted by Gasteiger charge is -2.01. The molecular weight excluding hydrogens is 143 g/mol. The third kappa shape index (κ3) is 1.93. The Hall–Kier alpha value is -1.07. The van der Waals surface area contributed by atoms with Crippen molar-refractivity contribution in [2.45, 2.75) is 0 Å². The molecule has 58 valence electrons. The van der Waals surface area contributed by atoms with Gasteiger partial charge in [0, 0.05) is 24.9 Å². The van der Waals surface area contributed by atoms with E-state index in [-0.39, 0.29) is 0 Å². The quantitative estimate of drug-likeness (QED) is 0.466. The fraction of sp³-hybridized carbons (Fsp3) is 0.167. The maximum absolute atomic E-state index is 8.73. The molecule has 1 aromatic rings. The van der Waals surface area contributed by atoms with E-state index in [0.29, 0.717) is 5.46 Å². The summed E-state index contributed by atoms with van der Waals surface area (Å²) in [6.07, 6.45) is 3.01. The molecule has 1 heterocycles. The van der Waals surface area contributed by atoms with Crippen LogP contribution in [-0.2, 0) is 0 Å². The van der Waals surface area contributed by atoms with Gasteiger partial charge >= 0.3 is 7.12 Å². The van der Waals surface area contributed by atoms with Crippen molar-refractivity contribution in [2.75, 3.05) is 12.4 Å². The van der Waals surface area contributed by atoms with E-state index in [4.69, 9.17) is 10.0 Å². The van der Waals surface area contributed by atoms with Gasteiger partial charge in [-0.2, -0.15) is 0 Å². The molecule has 0 fully saturated rings. The van der Waals surface area contributed by atoms with Crippen LogP contribution < -0.4 is 10.8 Å². The second-order valence-electron chi connectivity index (χ2n) is 2.13. The summed E-state index contributed by atoms with van der Waals surface area (Å²) in [7, 11) is 0.292. The van der Waals surface area contributed by atoms with Gasteiger partial charge in [0.15, 0.2) is 0 Å². The van der Waals surface area contributed by atoms with Crippen molar-refractivity contribution in [1.29, 1.82) is 0 Å². The van der Waals surface area contributed by atoms with Crippen LogP contribution >= 0.6 is 0 Å². The maximum atomic E-state index is 8.73. The summed E-state index contributed by atoms with van der Waals surface area (Å²) in [5, 5.41) is 20.3. The lowest BCUT2D eigenvalue weighted by atomic mass is 9.81. The Bertz CT molecular complexity index is 242. The fourth-order valence-electron chi connectivity index (χ4n) is 0.736. The van der Waals surface area contributed by atoms with E-state index in [0.717, 1.165) is 5.69 Å². The molecule has 1 aromatic heterocycles. The minimum absolute atomic E-state index is 0.386. The number of nitrogens with zero attached hydrogens (tertiary/aromatic N) is 1. The molecule has 0 unspecified atom stereocenters. The van der Waals surface area contributed by atoms with Crippen LogP contribution in [0.15, 0.2) is 18.5 Å². The maximum Gasteiger partial charge on any atom is 0.490 e. The molecule has 0 aliphatic carbocycles. The van der Waals surface area contributed by atoms with Crippen molar-refractivity contribution >= 4 is 18.3 Å². The first kappa shape index (κ1) is 8.04. The Labute approximate surface area is 65.0 Å². The molecule has 0 aromatic carbocycles. The van der Waals surface area contributed by atoms with Gasteiger partial charge in [-0.1, -0.05) is 0 Å². The van der Waals surface area contributed by atoms with Crippen LogP contribution in [0, 0.1) is 0 Å². The summed E-state index contributed by atoms with van der Waals surface area (Å²) in [5.41, 5.74) is 1.15. The molecule has 1 rings (SSSR count). The zero-order chi connectivity index (χ0) is 8.27. The molecule has 0 saturated carbocycles. The highest BCUT2D eigenvalue weighted by atomic mass is 16.4. The van der Waals surface area contributed by atoms with Gasteiger partial charge in [0.25, 0.3) is 0 Å². The van der Waals surface area contributed by atoms with Gasteiger partial charge in [-0.15, -0.1) is 0 Å². The standard InChI is InChI=1S/C6H9BN2O2/c1-8-6-2-5(7(10)11)3-9-4-6/h2-4,8,10-11H,1H3. The molecule has 0 atom stereocenters. The number of nitrogens with one attached hydrogen (secondary N) is 1. The molecular formula is C6H9BN2O2. The Morgan fingerprint density at radius 2 is 2.18 bits per heavy atom. The van der Waals surface area contributed by atoms with Crippen molar-refractivity contribution < 1.29 is 10.0 Å².